The van der Waals surface area contributed by atoms with Gasteiger partial charge in [0.05, 0.1) is 17.7 Å². The average Bonchev–Trinajstić information content (AvgIpc) is 2.32. The first-order valence-corrected chi connectivity index (χ1v) is 6.77. The first-order chi connectivity index (χ1) is 9.00. The summed E-state index contributed by atoms with van der Waals surface area (Å²) in [5.41, 5.74) is -0.832. The summed E-state index contributed by atoms with van der Waals surface area (Å²) in [4.78, 5) is 11.9. The van der Waals surface area contributed by atoms with E-state index in [1.54, 1.807) is 12.1 Å². The summed E-state index contributed by atoms with van der Waals surface area (Å²) in [7, 11) is 0. The standard InChI is InChI=1S/C15H22FNO2/c1-3-9-15(19,10-4-2)11-14(18)17-13-8-6-5-7-12(13)16/h5-8,19H,3-4,9-11H2,1-2H3,(H,17,18). The lowest BCUT2D eigenvalue weighted by molar-refractivity contribution is -0.121. The molecule has 0 atom stereocenters. The highest BCUT2D eigenvalue weighted by molar-refractivity contribution is 5.91. The molecule has 1 amide bonds. The van der Waals surface area contributed by atoms with Crippen LogP contribution in [0.2, 0.25) is 0 Å². The van der Waals surface area contributed by atoms with Crippen molar-refractivity contribution in [2.24, 2.45) is 0 Å². The van der Waals surface area contributed by atoms with Gasteiger partial charge in [-0.3, -0.25) is 4.79 Å². The molecular weight excluding hydrogens is 245 g/mol. The molecule has 106 valence electrons. The van der Waals surface area contributed by atoms with Crippen molar-refractivity contribution in [2.45, 2.75) is 51.6 Å². The molecule has 0 aliphatic rings. The van der Waals surface area contributed by atoms with Crippen molar-refractivity contribution in [1.29, 1.82) is 0 Å². The molecule has 1 rings (SSSR count). The first kappa shape index (κ1) is 15.6. The number of hydrogen-bond donors (Lipinski definition) is 2. The number of aliphatic hydroxyl groups is 1. The minimum atomic E-state index is -0.987. The minimum absolute atomic E-state index is 0.00299. The summed E-state index contributed by atoms with van der Waals surface area (Å²) >= 11 is 0. The number of benzene rings is 1. The van der Waals surface area contributed by atoms with E-state index >= 15 is 0 Å². The van der Waals surface area contributed by atoms with Crippen molar-refractivity contribution in [3.63, 3.8) is 0 Å². The predicted octanol–water partition coefficient (Wildman–Crippen LogP) is 3.49. The minimum Gasteiger partial charge on any atom is -0.389 e. The monoisotopic (exact) mass is 267 g/mol. The summed E-state index contributed by atoms with van der Waals surface area (Å²) in [6.45, 7) is 3.94. The molecule has 19 heavy (non-hydrogen) atoms. The summed E-state index contributed by atoms with van der Waals surface area (Å²) in [6, 6.07) is 6.02. The summed E-state index contributed by atoms with van der Waals surface area (Å²) in [6.07, 6.45) is 2.77. The van der Waals surface area contributed by atoms with Crippen molar-refractivity contribution in [1.82, 2.24) is 0 Å². The zero-order valence-electron chi connectivity index (χ0n) is 11.6. The van der Waals surface area contributed by atoms with Gasteiger partial charge in [0, 0.05) is 0 Å². The molecule has 4 heteroatoms. The Hall–Kier alpha value is -1.42. The molecule has 0 aromatic heterocycles. The van der Waals surface area contributed by atoms with E-state index in [1.165, 1.54) is 12.1 Å². The third-order valence-corrected chi connectivity index (χ3v) is 3.07. The Balaban J connectivity index is 2.65. The Labute approximate surface area is 113 Å². The number of carbonyl (C=O) groups is 1. The fourth-order valence-electron chi connectivity index (χ4n) is 2.29. The van der Waals surface area contributed by atoms with Crippen LogP contribution in [0.1, 0.15) is 46.0 Å². The van der Waals surface area contributed by atoms with Gasteiger partial charge in [0.2, 0.25) is 5.91 Å². The zero-order chi connectivity index (χ0) is 14.3. The molecule has 2 N–H and O–H groups in total. The Morgan fingerprint density at radius 3 is 2.37 bits per heavy atom. The van der Waals surface area contributed by atoms with Gasteiger partial charge in [0.1, 0.15) is 5.82 Å². The van der Waals surface area contributed by atoms with Gasteiger partial charge in [-0.05, 0) is 25.0 Å². The van der Waals surface area contributed by atoms with Crippen LogP contribution in [0.4, 0.5) is 10.1 Å². The van der Waals surface area contributed by atoms with Crippen LogP contribution in [0.3, 0.4) is 0 Å². The molecule has 1 aromatic rings. The van der Waals surface area contributed by atoms with Crippen LogP contribution < -0.4 is 5.32 Å². The lowest BCUT2D eigenvalue weighted by Crippen LogP contribution is -2.34. The highest BCUT2D eigenvalue weighted by Crippen LogP contribution is 2.24. The molecule has 0 radical (unpaired) electrons. The second-order valence-corrected chi connectivity index (χ2v) is 4.93. The number of anilines is 1. The predicted molar refractivity (Wildman–Crippen MR) is 74.4 cm³/mol. The molecule has 0 unspecified atom stereocenters. The van der Waals surface area contributed by atoms with Gasteiger partial charge in [-0.25, -0.2) is 4.39 Å². The number of amides is 1. The lowest BCUT2D eigenvalue weighted by Gasteiger charge is -2.26. The fourth-order valence-corrected chi connectivity index (χ4v) is 2.29. The SMILES string of the molecule is CCCC(O)(CCC)CC(=O)Nc1ccccc1F. The highest BCUT2D eigenvalue weighted by Gasteiger charge is 2.28. The lowest BCUT2D eigenvalue weighted by atomic mass is 9.89. The quantitative estimate of drug-likeness (QED) is 0.794. The highest BCUT2D eigenvalue weighted by atomic mass is 19.1. The van der Waals surface area contributed by atoms with Gasteiger partial charge in [0.25, 0.3) is 0 Å². The maximum Gasteiger partial charge on any atom is 0.227 e. The summed E-state index contributed by atoms with van der Waals surface area (Å²) in [5, 5.41) is 12.9. The molecule has 0 aliphatic heterocycles. The van der Waals surface area contributed by atoms with Gasteiger partial charge in [-0.1, -0.05) is 38.8 Å². The van der Waals surface area contributed by atoms with Crippen molar-refractivity contribution < 1.29 is 14.3 Å². The van der Waals surface area contributed by atoms with Gasteiger partial charge in [0.15, 0.2) is 0 Å². The molecule has 0 bridgehead atoms. The van der Waals surface area contributed by atoms with Crippen molar-refractivity contribution in [2.75, 3.05) is 5.32 Å². The van der Waals surface area contributed by atoms with E-state index in [9.17, 15) is 14.3 Å². The Bertz CT molecular complexity index is 414. The van der Waals surface area contributed by atoms with E-state index in [-0.39, 0.29) is 18.0 Å². The number of para-hydroxylation sites is 1. The third kappa shape index (κ3) is 4.99. The number of carbonyl (C=O) groups excluding carboxylic acids is 1. The molecule has 3 nitrogen and oxygen atoms in total. The molecule has 0 fully saturated rings. The van der Waals surface area contributed by atoms with Gasteiger partial charge in [-0.15, -0.1) is 0 Å². The van der Waals surface area contributed by atoms with Crippen molar-refractivity contribution >= 4 is 11.6 Å². The third-order valence-electron chi connectivity index (χ3n) is 3.07. The van der Waals surface area contributed by atoms with Crippen LogP contribution in [0.15, 0.2) is 24.3 Å². The van der Waals surface area contributed by atoms with Crippen LogP contribution in [0.5, 0.6) is 0 Å². The largest absolute Gasteiger partial charge is 0.389 e. The van der Waals surface area contributed by atoms with Crippen LogP contribution >= 0.6 is 0 Å². The topological polar surface area (TPSA) is 49.3 Å². The molecule has 0 saturated heterocycles. The maximum absolute atomic E-state index is 13.4. The van der Waals surface area contributed by atoms with Crippen LogP contribution in [0.25, 0.3) is 0 Å². The number of rotatable bonds is 7. The summed E-state index contributed by atoms with van der Waals surface area (Å²) < 4.78 is 13.4. The van der Waals surface area contributed by atoms with E-state index in [0.717, 1.165) is 12.8 Å². The fraction of sp³-hybridized carbons (Fsp3) is 0.533. The smallest absolute Gasteiger partial charge is 0.227 e. The summed E-state index contributed by atoms with van der Waals surface area (Å²) in [5.74, 6) is -0.820. The molecule has 0 saturated carbocycles. The van der Waals surface area contributed by atoms with Crippen molar-refractivity contribution in [3.8, 4) is 0 Å². The van der Waals surface area contributed by atoms with Crippen LogP contribution in [-0.4, -0.2) is 16.6 Å². The second-order valence-electron chi connectivity index (χ2n) is 4.93. The van der Waals surface area contributed by atoms with Crippen LogP contribution in [-0.2, 0) is 4.79 Å². The van der Waals surface area contributed by atoms with E-state index in [4.69, 9.17) is 0 Å². The Morgan fingerprint density at radius 1 is 1.26 bits per heavy atom. The molecule has 1 aromatic carbocycles. The van der Waals surface area contributed by atoms with Gasteiger partial charge >= 0.3 is 0 Å². The molecule has 0 aliphatic carbocycles. The molecule has 0 heterocycles. The maximum atomic E-state index is 13.4. The average molecular weight is 267 g/mol. The van der Waals surface area contributed by atoms with Gasteiger partial charge in [-0.2, -0.15) is 0 Å². The van der Waals surface area contributed by atoms with E-state index in [1.807, 2.05) is 13.8 Å². The van der Waals surface area contributed by atoms with Crippen LogP contribution in [0, 0.1) is 5.82 Å². The molecule has 0 spiro atoms. The number of halogens is 1. The molecular formula is C15H22FNO2. The second kappa shape index (κ2) is 7.24. The van der Waals surface area contributed by atoms with Crippen molar-refractivity contribution in [3.05, 3.63) is 30.1 Å². The Kier molecular flexibility index (Phi) is 5.96. The number of nitrogens with one attached hydrogen (secondary N) is 1. The zero-order valence-corrected chi connectivity index (χ0v) is 11.6. The Morgan fingerprint density at radius 2 is 1.84 bits per heavy atom. The van der Waals surface area contributed by atoms with Gasteiger partial charge < -0.3 is 10.4 Å². The first-order valence-electron chi connectivity index (χ1n) is 6.77. The van der Waals surface area contributed by atoms with E-state index in [2.05, 4.69) is 5.32 Å². The number of hydrogen-bond acceptors (Lipinski definition) is 2. The normalized spacial score (nSPS) is 11.4. The van der Waals surface area contributed by atoms with E-state index in [0.29, 0.717) is 12.8 Å². The van der Waals surface area contributed by atoms with E-state index < -0.39 is 11.4 Å².